The van der Waals surface area contributed by atoms with E-state index < -0.39 is 5.97 Å². The van der Waals surface area contributed by atoms with Crippen LogP contribution < -0.4 is 0 Å². The molecule has 0 atom stereocenters. The van der Waals surface area contributed by atoms with Crippen LogP contribution >= 0.6 is 0 Å². The number of hydrogen-bond donors (Lipinski definition) is 1. The lowest BCUT2D eigenvalue weighted by molar-refractivity contribution is 0.0697. The molecule has 0 saturated carbocycles. The maximum atomic E-state index is 10.9. The van der Waals surface area contributed by atoms with Gasteiger partial charge in [0, 0.05) is 6.20 Å². The van der Waals surface area contributed by atoms with Gasteiger partial charge in [-0.15, -0.1) is 10.2 Å². The number of fused-ring (bicyclic) bond motifs is 1. The fourth-order valence-electron chi connectivity index (χ4n) is 2.64. The summed E-state index contributed by atoms with van der Waals surface area (Å²) in [4.78, 5) is 15.6. The van der Waals surface area contributed by atoms with Crippen LogP contribution in [-0.2, 0) is 0 Å². The molecule has 3 aromatic heterocycles. The first-order chi connectivity index (χ1) is 12.6. The fraction of sp³-hybridized carbons (Fsp3) is 0.0526. The van der Waals surface area contributed by atoms with Crippen LogP contribution in [0.25, 0.3) is 17.1 Å². The maximum absolute atomic E-state index is 10.9. The van der Waals surface area contributed by atoms with Crippen LogP contribution in [0.2, 0.25) is 0 Å². The molecule has 1 N–H and O–H groups in total. The number of benzene rings is 1. The SMILES string of the molecule is Cc1cccn2c(N=Nc3ccc(C(=O)O)cc3)c(-c3ccco3)nc12. The number of pyridine rings is 1. The zero-order valence-corrected chi connectivity index (χ0v) is 13.8. The Morgan fingerprint density at radius 2 is 1.92 bits per heavy atom. The predicted octanol–water partition coefficient (Wildman–Crippen LogP) is 5.02. The highest BCUT2D eigenvalue weighted by atomic mass is 16.4. The Bertz CT molecular complexity index is 1110. The third kappa shape index (κ3) is 2.75. The molecule has 7 nitrogen and oxygen atoms in total. The predicted molar refractivity (Wildman–Crippen MR) is 95.2 cm³/mol. The summed E-state index contributed by atoms with van der Waals surface area (Å²) in [5.74, 6) is 0.162. The van der Waals surface area contributed by atoms with Crippen molar-refractivity contribution in [2.24, 2.45) is 10.2 Å². The first kappa shape index (κ1) is 15.8. The molecule has 0 spiro atoms. The zero-order chi connectivity index (χ0) is 18.1. The molecule has 7 heteroatoms. The molecule has 0 aliphatic carbocycles. The fourth-order valence-corrected chi connectivity index (χ4v) is 2.64. The van der Waals surface area contributed by atoms with Crippen molar-refractivity contribution in [3.63, 3.8) is 0 Å². The Morgan fingerprint density at radius 1 is 1.12 bits per heavy atom. The van der Waals surface area contributed by atoms with Crippen molar-refractivity contribution in [3.05, 3.63) is 72.1 Å². The number of aryl methyl sites for hydroxylation is 1. The van der Waals surface area contributed by atoms with Gasteiger partial charge in [0.2, 0.25) is 0 Å². The van der Waals surface area contributed by atoms with Gasteiger partial charge in [-0.05, 0) is 55.0 Å². The number of carboxylic acid groups (broad SMARTS) is 1. The number of nitrogens with zero attached hydrogens (tertiary/aromatic N) is 4. The number of hydrogen-bond acceptors (Lipinski definition) is 5. The van der Waals surface area contributed by atoms with E-state index in [4.69, 9.17) is 9.52 Å². The number of carbonyl (C=O) groups is 1. The minimum absolute atomic E-state index is 0.200. The highest BCUT2D eigenvalue weighted by Crippen LogP contribution is 2.33. The van der Waals surface area contributed by atoms with Crippen LogP contribution in [0.4, 0.5) is 11.5 Å². The third-order valence-electron chi connectivity index (χ3n) is 3.95. The van der Waals surface area contributed by atoms with Gasteiger partial charge >= 0.3 is 5.97 Å². The molecule has 0 aliphatic rings. The molecule has 0 fully saturated rings. The molecule has 0 saturated heterocycles. The highest BCUT2D eigenvalue weighted by molar-refractivity contribution is 5.87. The number of imidazole rings is 1. The largest absolute Gasteiger partial charge is 0.478 e. The molecule has 128 valence electrons. The summed E-state index contributed by atoms with van der Waals surface area (Å²) in [5, 5.41) is 17.5. The Morgan fingerprint density at radius 3 is 2.62 bits per heavy atom. The molecule has 1 aromatic carbocycles. The van der Waals surface area contributed by atoms with Crippen molar-refractivity contribution in [2.75, 3.05) is 0 Å². The molecule has 0 radical (unpaired) electrons. The number of aromatic nitrogens is 2. The average Bonchev–Trinajstić information content (AvgIpc) is 3.28. The van der Waals surface area contributed by atoms with Crippen molar-refractivity contribution < 1.29 is 14.3 Å². The standard InChI is InChI=1S/C19H14N4O3/c1-12-4-2-10-23-17(12)20-16(15-5-3-11-26-15)18(23)22-21-14-8-6-13(7-9-14)19(24)25/h2-11H,1H3,(H,24,25). The van der Waals surface area contributed by atoms with Gasteiger partial charge in [-0.2, -0.15) is 0 Å². The van der Waals surface area contributed by atoms with E-state index in [1.807, 2.05) is 35.7 Å². The van der Waals surface area contributed by atoms with Crippen LogP contribution in [0.15, 0.2) is 75.6 Å². The maximum Gasteiger partial charge on any atom is 0.335 e. The van der Waals surface area contributed by atoms with Crippen molar-refractivity contribution >= 4 is 23.1 Å². The smallest absolute Gasteiger partial charge is 0.335 e. The molecule has 26 heavy (non-hydrogen) atoms. The third-order valence-corrected chi connectivity index (χ3v) is 3.95. The molecule has 4 aromatic rings. The summed E-state index contributed by atoms with van der Waals surface area (Å²) < 4.78 is 7.33. The summed E-state index contributed by atoms with van der Waals surface area (Å²) >= 11 is 0. The van der Waals surface area contributed by atoms with E-state index >= 15 is 0 Å². The van der Waals surface area contributed by atoms with Gasteiger partial charge in [0.1, 0.15) is 5.65 Å². The molecular formula is C19H14N4O3. The summed E-state index contributed by atoms with van der Waals surface area (Å²) in [6.07, 6.45) is 3.45. The van der Waals surface area contributed by atoms with E-state index in [0.29, 0.717) is 23.0 Å². The number of aromatic carboxylic acids is 1. The number of rotatable bonds is 4. The Kier molecular flexibility index (Phi) is 3.81. The average molecular weight is 346 g/mol. The summed E-state index contributed by atoms with van der Waals surface area (Å²) in [6.45, 7) is 1.97. The Labute approximate surface area is 148 Å². The van der Waals surface area contributed by atoms with Gasteiger partial charge in [0.05, 0.1) is 17.5 Å². The number of furan rings is 1. The van der Waals surface area contributed by atoms with E-state index in [1.165, 1.54) is 12.1 Å². The van der Waals surface area contributed by atoms with E-state index in [-0.39, 0.29) is 5.56 Å². The normalized spacial score (nSPS) is 11.4. The van der Waals surface area contributed by atoms with Crippen LogP contribution in [0.1, 0.15) is 15.9 Å². The second kappa shape index (κ2) is 6.29. The molecule has 4 rings (SSSR count). The summed E-state index contributed by atoms with van der Waals surface area (Å²) in [6, 6.07) is 13.7. The van der Waals surface area contributed by atoms with Gasteiger partial charge < -0.3 is 9.52 Å². The minimum Gasteiger partial charge on any atom is -0.478 e. The van der Waals surface area contributed by atoms with E-state index in [9.17, 15) is 4.79 Å². The van der Waals surface area contributed by atoms with E-state index in [2.05, 4.69) is 15.2 Å². The number of azo groups is 1. The topological polar surface area (TPSA) is 92.5 Å². The lowest BCUT2D eigenvalue weighted by Crippen LogP contribution is -1.93. The lowest BCUT2D eigenvalue weighted by atomic mass is 10.2. The second-order valence-electron chi connectivity index (χ2n) is 5.70. The van der Waals surface area contributed by atoms with Crippen molar-refractivity contribution in [1.29, 1.82) is 0 Å². The van der Waals surface area contributed by atoms with Crippen LogP contribution in [-0.4, -0.2) is 20.5 Å². The summed E-state index contributed by atoms with van der Waals surface area (Å²) in [7, 11) is 0. The molecule has 0 unspecified atom stereocenters. The first-order valence-corrected chi connectivity index (χ1v) is 7.90. The van der Waals surface area contributed by atoms with Gasteiger partial charge in [-0.25, -0.2) is 9.78 Å². The van der Waals surface area contributed by atoms with E-state index in [0.717, 1.165) is 11.2 Å². The van der Waals surface area contributed by atoms with Crippen molar-refractivity contribution in [3.8, 4) is 11.5 Å². The Balaban J connectivity index is 1.81. The molecule has 0 amide bonds. The van der Waals surface area contributed by atoms with Gasteiger partial charge in [-0.1, -0.05) is 6.07 Å². The van der Waals surface area contributed by atoms with Crippen LogP contribution in [0, 0.1) is 6.92 Å². The van der Waals surface area contributed by atoms with Crippen molar-refractivity contribution in [2.45, 2.75) is 6.92 Å². The van der Waals surface area contributed by atoms with Gasteiger partial charge in [-0.3, -0.25) is 4.40 Å². The number of carboxylic acids is 1. The molecule has 3 heterocycles. The van der Waals surface area contributed by atoms with Gasteiger partial charge in [0.15, 0.2) is 17.3 Å². The highest BCUT2D eigenvalue weighted by Gasteiger charge is 2.17. The first-order valence-electron chi connectivity index (χ1n) is 7.90. The monoisotopic (exact) mass is 346 g/mol. The van der Waals surface area contributed by atoms with Crippen LogP contribution in [0.5, 0.6) is 0 Å². The van der Waals surface area contributed by atoms with E-state index in [1.54, 1.807) is 24.5 Å². The van der Waals surface area contributed by atoms with Gasteiger partial charge in [0.25, 0.3) is 0 Å². The lowest BCUT2D eigenvalue weighted by Gasteiger charge is -1.99. The second-order valence-corrected chi connectivity index (χ2v) is 5.70. The quantitative estimate of drug-likeness (QED) is 0.525. The minimum atomic E-state index is -0.981. The molecule has 0 bridgehead atoms. The Hall–Kier alpha value is -3.74. The summed E-state index contributed by atoms with van der Waals surface area (Å²) in [5.41, 5.74) is 3.12. The molecule has 0 aliphatic heterocycles. The molecular weight excluding hydrogens is 332 g/mol. The van der Waals surface area contributed by atoms with Crippen molar-refractivity contribution in [1.82, 2.24) is 9.38 Å². The zero-order valence-electron chi connectivity index (χ0n) is 13.8. The van der Waals surface area contributed by atoms with Crippen LogP contribution in [0.3, 0.4) is 0 Å².